The number of hydrogen-bond acceptors (Lipinski definition) is 5. The molecule has 6 heteroatoms. The highest BCUT2D eigenvalue weighted by Gasteiger charge is 2.14. The number of nitriles is 1. The average Bonchev–Trinajstić information content (AvgIpc) is 3.07. The lowest BCUT2D eigenvalue weighted by molar-refractivity contribution is -0.112. The first kappa shape index (κ1) is 16.4. The summed E-state index contributed by atoms with van der Waals surface area (Å²) >= 11 is 0. The first-order chi connectivity index (χ1) is 12.1. The summed E-state index contributed by atoms with van der Waals surface area (Å²) in [6.45, 7) is 4.08. The van der Waals surface area contributed by atoms with E-state index in [4.69, 9.17) is 9.47 Å². The van der Waals surface area contributed by atoms with E-state index < -0.39 is 5.91 Å². The number of rotatable bonds is 4. The molecular weight excluding hydrogens is 318 g/mol. The second-order valence-electron chi connectivity index (χ2n) is 5.58. The van der Waals surface area contributed by atoms with Crippen molar-refractivity contribution in [2.24, 2.45) is 0 Å². The zero-order valence-corrected chi connectivity index (χ0v) is 13.9. The van der Waals surface area contributed by atoms with Crippen LogP contribution in [-0.4, -0.2) is 12.7 Å². The molecule has 0 saturated carbocycles. The third-order valence-electron chi connectivity index (χ3n) is 3.97. The Balaban J connectivity index is 1.73. The number of anilines is 2. The van der Waals surface area contributed by atoms with Crippen molar-refractivity contribution < 1.29 is 14.3 Å². The molecule has 2 aromatic rings. The number of fused-ring (bicyclic) bond motifs is 1. The van der Waals surface area contributed by atoms with Gasteiger partial charge in [-0.05, 0) is 43.2 Å². The van der Waals surface area contributed by atoms with Gasteiger partial charge in [0.05, 0.1) is 0 Å². The summed E-state index contributed by atoms with van der Waals surface area (Å²) in [5.41, 5.74) is 3.39. The van der Waals surface area contributed by atoms with E-state index in [1.807, 2.05) is 32.0 Å². The SMILES string of the molecule is Cc1cccc(NC(=O)/C(C#N)=C\Nc2ccc3c(c2)OCO3)c1C. The number of nitrogens with zero attached hydrogens (tertiary/aromatic N) is 1. The van der Waals surface area contributed by atoms with Crippen LogP contribution in [0.1, 0.15) is 11.1 Å². The van der Waals surface area contributed by atoms with E-state index in [0.717, 1.165) is 11.1 Å². The topological polar surface area (TPSA) is 83.4 Å². The molecule has 6 nitrogen and oxygen atoms in total. The summed E-state index contributed by atoms with van der Waals surface area (Å²) < 4.78 is 10.5. The minimum absolute atomic E-state index is 0.0291. The van der Waals surface area contributed by atoms with Gasteiger partial charge in [-0.1, -0.05) is 12.1 Å². The Morgan fingerprint density at radius 1 is 1.20 bits per heavy atom. The average molecular weight is 335 g/mol. The number of nitrogens with one attached hydrogen (secondary N) is 2. The van der Waals surface area contributed by atoms with Crippen molar-refractivity contribution >= 4 is 17.3 Å². The van der Waals surface area contributed by atoms with E-state index in [0.29, 0.717) is 22.9 Å². The highest BCUT2D eigenvalue weighted by Crippen LogP contribution is 2.34. The molecule has 2 N–H and O–H groups in total. The summed E-state index contributed by atoms with van der Waals surface area (Å²) in [6, 6.07) is 12.8. The van der Waals surface area contributed by atoms with Crippen LogP contribution in [0.2, 0.25) is 0 Å². The number of aryl methyl sites for hydroxylation is 1. The van der Waals surface area contributed by atoms with Crippen LogP contribution in [0.5, 0.6) is 11.5 Å². The van der Waals surface area contributed by atoms with Crippen molar-refractivity contribution in [2.75, 3.05) is 17.4 Å². The molecule has 0 bridgehead atoms. The van der Waals surface area contributed by atoms with Crippen molar-refractivity contribution in [1.82, 2.24) is 0 Å². The Kier molecular flexibility index (Phi) is 4.57. The van der Waals surface area contributed by atoms with Crippen LogP contribution in [-0.2, 0) is 4.79 Å². The second kappa shape index (κ2) is 6.97. The van der Waals surface area contributed by atoms with Crippen molar-refractivity contribution in [2.45, 2.75) is 13.8 Å². The Bertz CT molecular complexity index is 897. The summed E-state index contributed by atoms with van der Waals surface area (Å²) in [4.78, 5) is 12.3. The molecule has 0 aliphatic carbocycles. The maximum Gasteiger partial charge on any atom is 0.267 e. The fraction of sp³-hybridized carbons (Fsp3) is 0.158. The lowest BCUT2D eigenvalue weighted by atomic mass is 10.1. The number of carbonyl (C=O) groups is 1. The van der Waals surface area contributed by atoms with Gasteiger partial charge in [-0.25, -0.2) is 0 Å². The predicted molar refractivity (Wildman–Crippen MR) is 94.4 cm³/mol. The number of carbonyl (C=O) groups excluding carboxylic acids is 1. The standard InChI is InChI=1S/C19H17N3O3/c1-12-4-3-5-16(13(12)2)22-19(23)14(9-20)10-21-15-6-7-17-18(8-15)25-11-24-17/h3-8,10,21H,11H2,1-2H3,(H,22,23)/b14-10-. The Hall–Kier alpha value is -3.46. The van der Waals surface area contributed by atoms with Gasteiger partial charge in [0.15, 0.2) is 11.5 Å². The molecule has 2 aromatic carbocycles. The molecule has 0 spiro atoms. The van der Waals surface area contributed by atoms with Crippen LogP contribution < -0.4 is 20.1 Å². The normalized spacial score (nSPS) is 12.4. The van der Waals surface area contributed by atoms with E-state index in [1.165, 1.54) is 6.20 Å². The maximum atomic E-state index is 12.3. The van der Waals surface area contributed by atoms with Gasteiger partial charge < -0.3 is 20.1 Å². The summed E-state index contributed by atoms with van der Waals surface area (Å²) in [5.74, 6) is 0.823. The van der Waals surface area contributed by atoms with Crippen LogP contribution >= 0.6 is 0 Å². The molecule has 1 heterocycles. The third kappa shape index (κ3) is 3.56. The van der Waals surface area contributed by atoms with Crippen molar-refractivity contribution in [1.29, 1.82) is 5.26 Å². The highest BCUT2D eigenvalue weighted by atomic mass is 16.7. The van der Waals surface area contributed by atoms with Gasteiger partial charge in [0.2, 0.25) is 6.79 Å². The molecule has 0 unspecified atom stereocenters. The van der Waals surface area contributed by atoms with Gasteiger partial charge >= 0.3 is 0 Å². The Morgan fingerprint density at radius 3 is 2.80 bits per heavy atom. The van der Waals surface area contributed by atoms with E-state index in [-0.39, 0.29) is 12.4 Å². The molecule has 0 aromatic heterocycles. The fourth-order valence-corrected chi connectivity index (χ4v) is 2.37. The first-order valence-corrected chi connectivity index (χ1v) is 7.72. The first-order valence-electron chi connectivity index (χ1n) is 7.72. The van der Waals surface area contributed by atoms with E-state index in [2.05, 4.69) is 10.6 Å². The smallest absolute Gasteiger partial charge is 0.267 e. The van der Waals surface area contributed by atoms with Gasteiger partial charge in [-0.15, -0.1) is 0 Å². The summed E-state index contributed by atoms with van der Waals surface area (Å²) in [7, 11) is 0. The van der Waals surface area contributed by atoms with E-state index >= 15 is 0 Å². The van der Waals surface area contributed by atoms with E-state index in [9.17, 15) is 10.1 Å². The summed E-state index contributed by atoms with van der Waals surface area (Å²) in [6.07, 6.45) is 1.37. The zero-order valence-electron chi connectivity index (χ0n) is 13.9. The summed E-state index contributed by atoms with van der Waals surface area (Å²) in [5, 5.41) is 15.0. The largest absolute Gasteiger partial charge is 0.454 e. The molecule has 1 aliphatic heterocycles. The third-order valence-corrected chi connectivity index (χ3v) is 3.97. The van der Waals surface area contributed by atoms with Crippen LogP contribution in [0, 0.1) is 25.2 Å². The van der Waals surface area contributed by atoms with Gasteiger partial charge in [-0.2, -0.15) is 5.26 Å². The molecule has 0 atom stereocenters. The minimum atomic E-state index is -0.468. The second-order valence-corrected chi connectivity index (χ2v) is 5.58. The van der Waals surface area contributed by atoms with Crippen LogP contribution in [0.3, 0.4) is 0 Å². The van der Waals surface area contributed by atoms with Gasteiger partial charge in [0, 0.05) is 23.6 Å². The molecule has 3 rings (SSSR count). The van der Waals surface area contributed by atoms with Crippen molar-refractivity contribution in [3.63, 3.8) is 0 Å². The number of ether oxygens (including phenoxy) is 2. The fourth-order valence-electron chi connectivity index (χ4n) is 2.37. The van der Waals surface area contributed by atoms with E-state index in [1.54, 1.807) is 24.3 Å². The van der Waals surface area contributed by atoms with Crippen LogP contribution in [0.4, 0.5) is 11.4 Å². The van der Waals surface area contributed by atoms with Crippen LogP contribution in [0.15, 0.2) is 48.2 Å². The lowest BCUT2D eigenvalue weighted by Gasteiger charge is -2.10. The zero-order chi connectivity index (χ0) is 17.8. The van der Waals surface area contributed by atoms with Gasteiger partial charge in [0.1, 0.15) is 11.6 Å². The Labute approximate surface area is 145 Å². The quantitative estimate of drug-likeness (QED) is 0.660. The van der Waals surface area contributed by atoms with Gasteiger partial charge in [-0.3, -0.25) is 4.79 Å². The molecule has 1 aliphatic rings. The molecule has 0 radical (unpaired) electrons. The molecule has 0 saturated heterocycles. The molecule has 1 amide bonds. The van der Waals surface area contributed by atoms with Crippen molar-refractivity contribution in [3.8, 4) is 17.6 Å². The molecule has 0 fully saturated rings. The Morgan fingerprint density at radius 2 is 2.00 bits per heavy atom. The minimum Gasteiger partial charge on any atom is -0.454 e. The lowest BCUT2D eigenvalue weighted by Crippen LogP contribution is -2.15. The predicted octanol–water partition coefficient (Wildman–Crippen LogP) is 3.49. The number of amides is 1. The maximum absolute atomic E-state index is 12.3. The number of benzene rings is 2. The monoisotopic (exact) mass is 335 g/mol. The number of hydrogen-bond donors (Lipinski definition) is 2. The molecule has 126 valence electrons. The van der Waals surface area contributed by atoms with Gasteiger partial charge in [0.25, 0.3) is 5.91 Å². The van der Waals surface area contributed by atoms with Crippen molar-refractivity contribution in [3.05, 3.63) is 59.3 Å². The molecule has 25 heavy (non-hydrogen) atoms. The molecular formula is C19H17N3O3. The highest BCUT2D eigenvalue weighted by molar-refractivity contribution is 6.07. The van der Waals surface area contributed by atoms with Crippen LogP contribution in [0.25, 0.3) is 0 Å².